The number of nitrogens with zero attached hydrogens (tertiary/aromatic N) is 1. The van der Waals surface area contributed by atoms with Gasteiger partial charge in [0.15, 0.2) is 0 Å². The Morgan fingerprint density at radius 3 is 2.48 bits per heavy atom. The first-order chi connectivity index (χ1) is 12.1. The number of benzene rings is 1. The number of nitrogens with one attached hydrogen (secondary N) is 2. The number of pyridine rings is 1. The number of amides is 2. The van der Waals surface area contributed by atoms with E-state index in [1.54, 1.807) is 60.6 Å². The van der Waals surface area contributed by atoms with Crippen LogP contribution in [0.1, 0.15) is 28.9 Å². The van der Waals surface area contributed by atoms with Crippen molar-refractivity contribution in [3.05, 3.63) is 59.9 Å². The van der Waals surface area contributed by atoms with E-state index in [1.165, 1.54) is 0 Å². The van der Waals surface area contributed by atoms with Crippen LogP contribution in [0, 0.1) is 0 Å². The van der Waals surface area contributed by atoms with Gasteiger partial charge in [0.25, 0.3) is 5.91 Å². The molecule has 7 heteroatoms. The second kappa shape index (κ2) is 9.80. The summed E-state index contributed by atoms with van der Waals surface area (Å²) in [5.41, 5.74) is 8.18. The molecule has 1 unspecified atom stereocenters. The van der Waals surface area contributed by atoms with E-state index in [4.69, 9.17) is 5.73 Å². The molecule has 4 N–H and O–H groups in total. The molecule has 6 nitrogen and oxygen atoms in total. The summed E-state index contributed by atoms with van der Waals surface area (Å²) >= 11 is 1.57. The van der Waals surface area contributed by atoms with Gasteiger partial charge in [0.2, 0.25) is 5.91 Å². The highest BCUT2D eigenvalue weighted by atomic mass is 32.2. The summed E-state index contributed by atoms with van der Waals surface area (Å²) in [5.74, 6) is 1.13. The Bertz CT molecular complexity index is 692. The number of anilines is 1. The number of hydrogen-bond donors (Lipinski definition) is 3. The van der Waals surface area contributed by atoms with Crippen molar-refractivity contribution in [2.45, 2.75) is 13.0 Å². The van der Waals surface area contributed by atoms with Gasteiger partial charge >= 0.3 is 0 Å². The van der Waals surface area contributed by atoms with Crippen molar-refractivity contribution in [1.29, 1.82) is 0 Å². The third kappa shape index (κ3) is 6.21. The molecule has 2 rings (SSSR count). The number of carbonyl (C=O) groups excluding carboxylic acids is 2. The van der Waals surface area contributed by atoms with Gasteiger partial charge in [-0.3, -0.25) is 14.6 Å². The van der Waals surface area contributed by atoms with E-state index in [-0.39, 0.29) is 17.9 Å². The predicted molar refractivity (Wildman–Crippen MR) is 102 cm³/mol. The lowest BCUT2D eigenvalue weighted by Crippen LogP contribution is -2.33. The van der Waals surface area contributed by atoms with Gasteiger partial charge in [-0.05, 0) is 35.6 Å². The van der Waals surface area contributed by atoms with E-state index in [2.05, 4.69) is 15.6 Å². The van der Waals surface area contributed by atoms with Crippen molar-refractivity contribution in [2.24, 2.45) is 5.73 Å². The van der Waals surface area contributed by atoms with Crippen LogP contribution in [0.15, 0.2) is 48.8 Å². The lowest BCUT2D eigenvalue weighted by Gasteiger charge is -2.14. The highest BCUT2D eigenvalue weighted by molar-refractivity contribution is 7.99. The third-order valence-electron chi connectivity index (χ3n) is 3.50. The second-order valence-corrected chi connectivity index (χ2v) is 6.63. The van der Waals surface area contributed by atoms with Gasteiger partial charge in [-0.2, -0.15) is 11.8 Å². The molecule has 2 amide bonds. The van der Waals surface area contributed by atoms with Gasteiger partial charge in [-0.15, -0.1) is 0 Å². The Hall–Kier alpha value is -2.38. The fraction of sp³-hybridized carbons (Fsp3) is 0.278. The molecule has 0 aliphatic heterocycles. The topological polar surface area (TPSA) is 97.1 Å². The molecule has 0 aliphatic rings. The zero-order chi connectivity index (χ0) is 18.1. The van der Waals surface area contributed by atoms with Crippen LogP contribution in [0.3, 0.4) is 0 Å². The van der Waals surface area contributed by atoms with E-state index in [9.17, 15) is 9.59 Å². The summed E-state index contributed by atoms with van der Waals surface area (Å²) in [6.45, 7) is 2.38. The monoisotopic (exact) mass is 358 g/mol. The summed E-state index contributed by atoms with van der Waals surface area (Å²) in [6, 6.07) is 10.2. The molecule has 0 saturated heterocycles. The molecule has 1 aromatic heterocycles. The molecular formula is C18H22N4O2S. The number of aromatic nitrogens is 1. The smallest absolute Gasteiger partial charge is 0.255 e. The predicted octanol–water partition coefficient (Wildman–Crippen LogP) is 2.20. The van der Waals surface area contributed by atoms with Crippen molar-refractivity contribution in [3.8, 4) is 0 Å². The summed E-state index contributed by atoms with van der Waals surface area (Å²) in [7, 11) is 0. The zero-order valence-electron chi connectivity index (χ0n) is 14.1. The largest absolute Gasteiger partial charge is 0.353 e. The minimum absolute atomic E-state index is 0.0179. The molecule has 0 aliphatic carbocycles. The average molecular weight is 358 g/mol. The molecule has 132 valence electrons. The van der Waals surface area contributed by atoms with Gasteiger partial charge in [-0.25, -0.2) is 0 Å². The maximum Gasteiger partial charge on any atom is 0.255 e. The number of thioether (sulfide) groups is 1. The summed E-state index contributed by atoms with van der Waals surface area (Å²) in [5, 5.41) is 5.61. The molecule has 0 radical (unpaired) electrons. The minimum Gasteiger partial charge on any atom is -0.353 e. The molecule has 0 fully saturated rings. The van der Waals surface area contributed by atoms with Gasteiger partial charge in [0.05, 0.1) is 5.75 Å². The Kier molecular flexibility index (Phi) is 7.43. The van der Waals surface area contributed by atoms with Crippen LogP contribution in [-0.4, -0.2) is 34.8 Å². The average Bonchev–Trinajstić information content (AvgIpc) is 2.65. The molecule has 0 saturated carbocycles. The van der Waals surface area contributed by atoms with Crippen molar-refractivity contribution in [1.82, 2.24) is 10.3 Å². The fourth-order valence-electron chi connectivity index (χ4n) is 2.11. The standard InChI is InChI=1S/C18H22N4O2S/c1-2-25-12-17(23)21-11-16(19)13-3-5-14(6-4-13)18(24)22-15-7-9-20-10-8-15/h3-10,16H,2,11-12,19H2,1H3,(H,21,23)(H,20,22,24). The molecule has 1 aromatic carbocycles. The molecular weight excluding hydrogens is 336 g/mol. The second-order valence-electron chi connectivity index (χ2n) is 5.36. The number of rotatable bonds is 8. The van der Waals surface area contributed by atoms with Crippen molar-refractivity contribution >= 4 is 29.3 Å². The molecule has 25 heavy (non-hydrogen) atoms. The summed E-state index contributed by atoms with van der Waals surface area (Å²) in [6.07, 6.45) is 3.23. The van der Waals surface area contributed by atoms with Crippen molar-refractivity contribution in [2.75, 3.05) is 23.4 Å². The van der Waals surface area contributed by atoms with Gasteiger partial charge in [0.1, 0.15) is 0 Å². The van der Waals surface area contributed by atoms with Gasteiger partial charge in [0, 0.05) is 36.2 Å². The summed E-state index contributed by atoms with van der Waals surface area (Å²) < 4.78 is 0. The highest BCUT2D eigenvalue weighted by Crippen LogP contribution is 2.13. The number of carbonyl (C=O) groups is 2. The SMILES string of the molecule is CCSCC(=O)NCC(N)c1ccc(C(=O)Nc2ccncc2)cc1. The fourth-order valence-corrected chi connectivity index (χ4v) is 2.60. The van der Waals surface area contributed by atoms with E-state index in [1.807, 2.05) is 6.92 Å². The Morgan fingerprint density at radius 1 is 1.16 bits per heavy atom. The number of hydrogen-bond acceptors (Lipinski definition) is 5. The van der Waals surface area contributed by atoms with Crippen molar-refractivity contribution in [3.63, 3.8) is 0 Å². The van der Waals surface area contributed by atoms with Crippen molar-refractivity contribution < 1.29 is 9.59 Å². The van der Waals surface area contributed by atoms with Crippen LogP contribution in [0.2, 0.25) is 0 Å². The first-order valence-electron chi connectivity index (χ1n) is 8.01. The normalized spacial score (nSPS) is 11.6. The van der Waals surface area contributed by atoms with Crippen LogP contribution in [0.5, 0.6) is 0 Å². The molecule has 0 spiro atoms. The minimum atomic E-state index is -0.312. The Labute approximate surface area is 151 Å². The lowest BCUT2D eigenvalue weighted by atomic mass is 10.0. The molecule has 1 atom stereocenters. The molecule has 1 heterocycles. The van der Waals surface area contributed by atoms with Crippen LogP contribution >= 0.6 is 11.8 Å². The van der Waals surface area contributed by atoms with Crippen LogP contribution in [0.4, 0.5) is 5.69 Å². The van der Waals surface area contributed by atoms with E-state index in [0.717, 1.165) is 11.3 Å². The first kappa shape index (κ1) is 19.0. The highest BCUT2D eigenvalue weighted by Gasteiger charge is 2.10. The molecule has 0 bridgehead atoms. The summed E-state index contributed by atoms with van der Waals surface area (Å²) in [4.78, 5) is 27.7. The Balaban J connectivity index is 1.88. The van der Waals surface area contributed by atoms with Gasteiger partial charge in [-0.1, -0.05) is 19.1 Å². The van der Waals surface area contributed by atoms with E-state index < -0.39 is 0 Å². The third-order valence-corrected chi connectivity index (χ3v) is 4.37. The maximum atomic E-state index is 12.2. The van der Waals surface area contributed by atoms with Crippen LogP contribution < -0.4 is 16.4 Å². The van der Waals surface area contributed by atoms with E-state index >= 15 is 0 Å². The first-order valence-corrected chi connectivity index (χ1v) is 9.17. The Morgan fingerprint density at radius 2 is 1.84 bits per heavy atom. The quantitative estimate of drug-likeness (QED) is 0.672. The van der Waals surface area contributed by atoms with Crippen LogP contribution in [0.25, 0.3) is 0 Å². The maximum absolute atomic E-state index is 12.2. The number of nitrogens with two attached hydrogens (primary N) is 1. The van der Waals surface area contributed by atoms with Crippen LogP contribution in [-0.2, 0) is 4.79 Å². The zero-order valence-corrected chi connectivity index (χ0v) is 14.9. The van der Waals surface area contributed by atoms with E-state index in [0.29, 0.717) is 23.5 Å². The van der Waals surface area contributed by atoms with Gasteiger partial charge < -0.3 is 16.4 Å². The lowest BCUT2D eigenvalue weighted by molar-refractivity contribution is -0.118. The molecule has 2 aromatic rings.